The predicted molar refractivity (Wildman–Crippen MR) is 91.6 cm³/mol. The molecule has 3 N–H and O–H groups in total. The summed E-state index contributed by atoms with van der Waals surface area (Å²) in [6, 6.07) is 11.4. The Morgan fingerprint density at radius 1 is 1.07 bits per heavy atom. The SMILES string of the molecule is O=C(NCCC(O)C(O)c1cccc(F)c1C(F)(F)F)OCc1ccccc1. The standard InChI is InChI=1S/C19H19F4NO4/c20-14-8-4-7-13(16(14)19(21,22)23)17(26)15(25)9-10-24-18(27)28-11-12-5-2-1-3-6-12/h1-8,15,17,25-26H,9-11H2,(H,24,27). The lowest BCUT2D eigenvalue weighted by molar-refractivity contribution is -0.142. The van der Waals surface area contributed by atoms with Crippen molar-refractivity contribution in [1.82, 2.24) is 5.32 Å². The third kappa shape index (κ3) is 5.93. The highest BCUT2D eigenvalue weighted by Gasteiger charge is 2.39. The second-order valence-corrected chi connectivity index (χ2v) is 5.99. The van der Waals surface area contributed by atoms with E-state index in [2.05, 4.69) is 5.32 Å². The lowest BCUT2D eigenvalue weighted by atomic mass is 9.96. The van der Waals surface area contributed by atoms with Gasteiger partial charge in [-0.3, -0.25) is 0 Å². The van der Waals surface area contributed by atoms with Crippen molar-refractivity contribution in [3.63, 3.8) is 0 Å². The molecule has 0 aliphatic rings. The number of halogens is 4. The summed E-state index contributed by atoms with van der Waals surface area (Å²) in [5.41, 5.74) is -1.64. The van der Waals surface area contributed by atoms with Crippen molar-refractivity contribution in [3.8, 4) is 0 Å². The lowest BCUT2D eigenvalue weighted by Gasteiger charge is -2.22. The van der Waals surface area contributed by atoms with E-state index in [1.54, 1.807) is 30.3 Å². The largest absolute Gasteiger partial charge is 0.445 e. The maximum atomic E-state index is 13.6. The van der Waals surface area contributed by atoms with Crippen molar-refractivity contribution >= 4 is 6.09 Å². The summed E-state index contributed by atoms with van der Waals surface area (Å²) < 4.78 is 57.5. The highest BCUT2D eigenvalue weighted by molar-refractivity contribution is 5.67. The summed E-state index contributed by atoms with van der Waals surface area (Å²) in [7, 11) is 0. The Morgan fingerprint density at radius 2 is 1.75 bits per heavy atom. The summed E-state index contributed by atoms with van der Waals surface area (Å²) in [6.07, 6.45) is -9.71. The minimum atomic E-state index is -5.03. The van der Waals surface area contributed by atoms with Gasteiger partial charge >= 0.3 is 12.3 Å². The number of hydrogen-bond acceptors (Lipinski definition) is 4. The van der Waals surface area contributed by atoms with Gasteiger partial charge in [0, 0.05) is 6.54 Å². The number of hydrogen-bond donors (Lipinski definition) is 3. The molecule has 2 aromatic rings. The number of carbonyl (C=O) groups is 1. The first-order valence-electron chi connectivity index (χ1n) is 8.36. The summed E-state index contributed by atoms with van der Waals surface area (Å²) in [5, 5.41) is 22.3. The van der Waals surface area contributed by atoms with Crippen molar-refractivity contribution in [2.24, 2.45) is 0 Å². The van der Waals surface area contributed by atoms with E-state index < -0.39 is 41.4 Å². The van der Waals surface area contributed by atoms with Crippen LogP contribution in [0.25, 0.3) is 0 Å². The van der Waals surface area contributed by atoms with Gasteiger partial charge in [-0.2, -0.15) is 13.2 Å². The molecule has 0 aliphatic carbocycles. The molecule has 0 spiro atoms. The quantitative estimate of drug-likeness (QED) is 0.620. The molecule has 1 amide bonds. The van der Waals surface area contributed by atoms with Crippen LogP contribution in [0.5, 0.6) is 0 Å². The van der Waals surface area contributed by atoms with E-state index in [1.807, 2.05) is 0 Å². The molecule has 0 heterocycles. The van der Waals surface area contributed by atoms with E-state index in [9.17, 15) is 32.6 Å². The minimum absolute atomic E-state index is 0.0239. The average molecular weight is 401 g/mol. The van der Waals surface area contributed by atoms with Crippen LogP contribution in [0, 0.1) is 5.82 Å². The number of alkyl halides is 3. The molecule has 2 unspecified atom stereocenters. The lowest BCUT2D eigenvalue weighted by Crippen LogP contribution is -2.30. The Morgan fingerprint density at radius 3 is 2.39 bits per heavy atom. The van der Waals surface area contributed by atoms with Gasteiger partial charge in [0.2, 0.25) is 0 Å². The molecule has 2 rings (SSSR count). The number of alkyl carbamates (subject to hydrolysis) is 1. The normalized spacial score (nSPS) is 13.6. The molecule has 152 valence electrons. The van der Waals surface area contributed by atoms with Crippen molar-refractivity contribution in [1.29, 1.82) is 0 Å². The molecule has 28 heavy (non-hydrogen) atoms. The van der Waals surface area contributed by atoms with Crippen LogP contribution in [-0.4, -0.2) is 29.0 Å². The van der Waals surface area contributed by atoms with Crippen LogP contribution in [0.1, 0.15) is 29.2 Å². The third-order valence-electron chi connectivity index (χ3n) is 3.93. The van der Waals surface area contributed by atoms with Crippen molar-refractivity contribution in [2.75, 3.05) is 6.54 Å². The van der Waals surface area contributed by atoms with Gasteiger partial charge in [0.05, 0.1) is 11.7 Å². The fourth-order valence-electron chi connectivity index (χ4n) is 2.55. The number of ether oxygens (including phenoxy) is 1. The molecular weight excluding hydrogens is 382 g/mol. The first-order chi connectivity index (χ1) is 13.2. The monoisotopic (exact) mass is 401 g/mol. The van der Waals surface area contributed by atoms with Crippen LogP contribution >= 0.6 is 0 Å². The third-order valence-corrected chi connectivity index (χ3v) is 3.93. The Balaban J connectivity index is 1.87. The van der Waals surface area contributed by atoms with Crippen LogP contribution in [0.15, 0.2) is 48.5 Å². The highest BCUT2D eigenvalue weighted by Crippen LogP contribution is 2.37. The van der Waals surface area contributed by atoms with Crippen molar-refractivity contribution in [2.45, 2.75) is 31.4 Å². The van der Waals surface area contributed by atoms with E-state index >= 15 is 0 Å². The molecule has 0 bridgehead atoms. The van der Waals surface area contributed by atoms with Crippen molar-refractivity contribution < 1.29 is 37.3 Å². The van der Waals surface area contributed by atoms with Gasteiger partial charge in [-0.25, -0.2) is 9.18 Å². The van der Waals surface area contributed by atoms with Crippen LogP contribution in [-0.2, 0) is 17.5 Å². The summed E-state index contributed by atoms with van der Waals surface area (Å²) >= 11 is 0. The molecule has 2 atom stereocenters. The van der Waals surface area contributed by atoms with Crippen LogP contribution < -0.4 is 5.32 Å². The summed E-state index contributed by atoms with van der Waals surface area (Å²) in [6.45, 7) is -0.140. The number of carbonyl (C=O) groups excluding carboxylic acids is 1. The van der Waals surface area contributed by atoms with Crippen LogP contribution in [0.3, 0.4) is 0 Å². The number of amides is 1. The van der Waals surface area contributed by atoms with E-state index in [4.69, 9.17) is 4.74 Å². The van der Waals surface area contributed by atoms with Gasteiger partial charge < -0.3 is 20.3 Å². The summed E-state index contributed by atoms with van der Waals surface area (Å²) in [4.78, 5) is 11.6. The maximum Gasteiger partial charge on any atom is 0.419 e. The molecule has 2 aromatic carbocycles. The molecule has 9 heteroatoms. The average Bonchev–Trinajstić information content (AvgIpc) is 2.65. The zero-order chi connectivity index (χ0) is 20.7. The molecule has 0 saturated heterocycles. The second-order valence-electron chi connectivity index (χ2n) is 5.99. The molecule has 0 saturated carbocycles. The Bertz CT molecular complexity index is 783. The van der Waals surface area contributed by atoms with E-state index in [0.29, 0.717) is 6.07 Å². The maximum absolute atomic E-state index is 13.6. The molecule has 0 aliphatic heterocycles. The van der Waals surface area contributed by atoms with Gasteiger partial charge in [-0.05, 0) is 23.6 Å². The van der Waals surface area contributed by atoms with E-state index in [1.165, 1.54) is 0 Å². The zero-order valence-corrected chi connectivity index (χ0v) is 14.6. The van der Waals surface area contributed by atoms with Crippen LogP contribution in [0.2, 0.25) is 0 Å². The van der Waals surface area contributed by atoms with Gasteiger partial charge in [-0.1, -0.05) is 42.5 Å². The zero-order valence-electron chi connectivity index (χ0n) is 14.6. The van der Waals surface area contributed by atoms with Gasteiger partial charge in [-0.15, -0.1) is 0 Å². The van der Waals surface area contributed by atoms with E-state index in [-0.39, 0.29) is 19.6 Å². The Hall–Kier alpha value is -2.65. The number of nitrogens with one attached hydrogen (secondary N) is 1. The number of rotatable bonds is 7. The highest BCUT2D eigenvalue weighted by atomic mass is 19.4. The molecule has 0 aromatic heterocycles. The molecule has 0 fully saturated rings. The van der Waals surface area contributed by atoms with Crippen molar-refractivity contribution in [3.05, 3.63) is 71.0 Å². The topological polar surface area (TPSA) is 78.8 Å². The fourth-order valence-corrected chi connectivity index (χ4v) is 2.55. The first kappa shape index (κ1) is 21.6. The molecule has 0 radical (unpaired) electrons. The smallest absolute Gasteiger partial charge is 0.419 e. The fraction of sp³-hybridized carbons (Fsp3) is 0.316. The first-order valence-corrected chi connectivity index (χ1v) is 8.36. The predicted octanol–water partition coefficient (Wildman–Crippen LogP) is 3.56. The second kappa shape index (κ2) is 9.52. The Kier molecular flexibility index (Phi) is 7.36. The van der Waals surface area contributed by atoms with Gasteiger partial charge in [0.25, 0.3) is 0 Å². The number of aliphatic hydroxyl groups is 2. The molecule has 5 nitrogen and oxygen atoms in total. The number of benzene rings is 2. The molecular formula is C19H19F4NO4. The number of aliphatic hydroxyl groups excluding tert-OH is 2. The van der Waals surface area contributed by atoms with Crippen LogP contribution in [0.4, 0.5) is 22.4 Å². The van der Waals surface area contributed by atoms with Gasteiger partial charge in [0.15, 0.2) is 0 Å². The van der Waals surface area contributed by atoms with E-state index in [0.717, 1.165) is 17.7 Å². The Labute approximate surface area is 158 Å². The van der Waals surface area contributed by atoms with Gasteiger partial charge in [0.1, 0.15) is 18.5 Å². The summed E-state index contributed by atoms with van der Waals surface area (Å²) in [5.74, 6) is -1.54. The minimum Gasteiger partial charge on any atom is -0.445 e.